The first-order chi connectivity index (χ1) is 16.1. The zero-order valence-corrected chi connectivity index (χ0v) is 18.3. The van der Waals surface area contributed by atoms with Crippen molar-refractivity contribution in [1.82, 2.24) is 10.1 Å². The number of carbonyl (C=O) groups is 1. The Labute approximate surface area is 191 Å². The summed E-state index contributed by atoms with van der Waals surface area (Å²) in [5.41, 5.74) is 2.66. The van der Waals surface area contributed by atoms with Gasteiger partial charge in [-0.25, -0.2) is 4.39 Å². The van der Waals surface area contributed by atoms with Crippen molar-refractivity contribution < 1.29 is 23.2 Å². The van der Waals surface area contributed by atoms with Crippen molar-refractivity contribution in [3.05, 3.63) is 102 Å². The van der Waals surface area contributed by atoms with Crippen LogP contribution in [0.2, 0.25) is 0 Å². The minimum atomic E-state index is -0.393. The maximum Gasteiger partial charge on any atom is 0.254 e. The molecule has 0 unspecified atom stereocenters. The Bertz CT molecular complexity index is 1220. The van der Waals surface area contributed by atoms with Crippen molar-refractivity contribution >= 4 is 5.91 Å². The first-order valence-corrected chi connectivity index (χ1v) is 10.3. The number of methoxy groups -OCH3 is 2. The van der Waals surface area contributed by atoms with E-state index in [2.05, 4.69) is 5.16 Å². The molecule has 4 aromatic rings. The molecule has 3 aromatic carbocycles. The number of ether oxygens (including phenoxy) is 2. The Balaban J connectivity index is 1.61. The number of carbonyl (C=O) groups excluding carboxylic acids is 1. The van der Waals surface area contributed by atoms with Crippen molar-refractivity contribution in [3.63, 3.8) is 0 Å². The van der Waals surface area contributed by atoms with E-state index in [1.807, 2.05) is 36.4 Å². The van der Waals surface area contributed by atoms with Crippen molar-refractivity contribution in [2.45, 2.75) is 13.1 Å². The zero-order valence-electron chi connectivity index (χ0n) is 18.3. The molecule has 168 valence electrons. The topological polar surface area (TPSA) is 64.8 Å². The smallest absolute Gasteiger partial charge is 0.254 e. The van der Waals surface area contributed by atoms with E-state index in [-0.39, 0.29) is 12.5 Å². The Morgan fingerprint density at radius 1 is 0.939 bits per heavy atom. The summed E-state index contributed by atoms with van der Waals surface area (Å²) in [6.07, 6.45) is 0. The van der Waals surface area contributed by atoms with E-state index >= 15 is 0 Å². The van der Waals surface area contributed by atoms with Crippen LogP contribution >= 0.6 is 0 Å². The fourth-order valence-electron chi connectivity index (χ4n) is 3.49. The van der Waals surface area contributed by atoms with Crippen molar-refractivity contribution in [3.8, 4) is 22.8 Å². The van der Waals surface area contributed by atoms with Crippen LogP contribution in [0.1, 0.15) is 21.6 Å². The molecule has 1 heterocycles. The van der Waals surface area contributed by atoms with E-state index in [1.165, 1.54) is 24.3 Å². The molecule has 0 saturated heterocycles. The molecule has 0 fully saturated rings. The molecular weight excluding hydrogens is 423 g/mol. The van der Waals surface area contributed by atoms with E-state index < -0.39 is 5.82 Å². The summed E-state index contributed by atoms with van der Waals surface area (Å²) in [4.78, 5) is 14.9. The highest BCUT2D eigenvalue weighted by atomic mass is 19.1. The molecule has 1 aromatic heterocycles. The molecule has 0 radical (unpaired) electrons. The summed E-state index contributed by atoms with van der Waals surface area (Å²) in [7, 11) is 3.15. The second-order valence-corrected chi connectivity index (χ2v) is 7.40. The highest BCUT2D eigenvalue weighted by Crippen LogP contribution is 2.33. The summed E-state index contributed by atoms with van der Waals surface area (Å²) >= 11 is 0. The largest absolute Gasteiger partial charge is 0.497 e. The van der Waals surface area contributed by atoms with Crippen LogP contribution in [0.4, 0.5) is 4.39 Å². The van der Waals surface area contributed by atoms with Crippen LogP contribution in [-0.4, -0.2) is 30.2 Å². The molecule has 0 aliphatic rings. The van der Waals surface area contributed by atoms with E-state index in [1.54, 1.807) is 37.3 Å². The van der Waals surface area contributed by atoms with Crippen LogP contribution in [0.25, 0.3) is 11.3 Å². The minimum Gasteiger partial charge on any atom is -0.497 e. The molecule has 0 saturated carbocycles. The quantitative estimate of drug-likeness (QED) is 0.366. The average Bonchev–Trinajstić information content (AvgIpc) is 3.32. The lowest BCUT2D eigenvalue weighted by Crippen LogP contribution is -2.30. The Morgan fingerprint density at radius 3 is 2.39 bits per heavy atom. The predicted octanol–water partition coefficient (Wildman–Crippen LogP) is 5.34. The number of halogens is 1. The Kier molecular flexibility index (Phi) is 6.69. The third-order valence-electron chi connectivity index (χ3n) is 5.18. The lowest BCUT2D eigenvalue weighted by atomic mass is 10.1. The molecule has 0 atom stereocenters. The number of hydrogen-bond acceptors (Lipinski definition) is 5. The van der Waals surface area contributed by atoms with Gasteiger partial charge in [0.15, 0.2) is 5.76 Å². The standard InChI is InChI=1S/C26H23FN2O4/c1-31-22-12-13-23(24(15-22)32-2)25-14-21(28-33-25)17-29(16-18-6-4-3-5-7-18)26(30)19-8-10-20(27)11-9-19/h3-15H,16-17H2,1-2H3. The van der Waals surface area contributed by atoms with E-state index in [0.717, 1.165) is 11.1 Å². The first kappa shape index (κ1) is 22.1. The van der Waals surface area contributed by atoms with Gasteiger partial charge in [0.2, 0.25) is 0 Å². The average molecular weight is 446 g/mol. The van der Waals surface area contributed by atoms with Gasteiger partial charge in [-0.15, -0.1) is 0 Å². The molecular formula is C26H23FN2O4. The van der Waals surface area contributed by atoms with Crippen molar-refractivity contribution in [2.24, 2.45) is 0 Å². The fraction of sp³-hybridized carbons (Fsp3) is 0.154. The van der Waals surface area contributed by atoms with Gasteiger partial charge in [-0.05, 0) is 42.0 Å². The van der Waals surface area contributed by atoms with Crippen molar-refractivity contribution in [2.75, 3.05) is 14.2 Å². The molecule has 0 N–H and O–H groups in total. The molecule has 33 heavy (non-hydrogen) atoms. The minimum absolute atomic E-state index is 0.215. The third kappa shape index (κ3) is 5.20. The third-order valence-corrected chi connectivity index (χ3v) is 5.18. The molecule has 0 spiro atoms. The van der Waals surface area contributed by atoms with Gasteiger partial charge in [-0.2, -0.15) is 0 Å². The van der Waals surface area contributed by atoms with Crippen LogP contribution in [-0.2, 0) is 13.1 Å². The molecule has 0 aliphatic heterocycles. The maximum atomic E-state index is 13.4. The fourth-order valence-corrected chi connectivity index (χ4v) is 3.49. The summed E-state index contributed by atoms with van der Waals surface area (Å²) < 4.78 is 29.6. The Hall–Kier alpha value is -4.13. The van der Waals surface area contributed by atoms with Gasteiger partial charge in [0, 0.05) is 24.2 Å². The van der Waals surface area contributed by atoms with Crippen LogP contribution in [0, 0.1) is 5.82 Å². The van der Waals surface area contributed by atoms with Crippen LogP contribution in [0.15, 0.2) is 83.4 Å². The van der Waals surface area contributed by atoms with Gasteiger partial charge < -0.3 is 18.9 Å². The Morgan fingerprint density at radius 2 is 1.70 bits per heavy atom. The lowest BCUT2D eigenvalue weighted by molar-refractivity contribution is 0.0726. The van der Waals surface area contributed by atoms with Gasteiger partial charge in [0.1, 0.15) is 23.0 Å². The normalized spacial score (nSPS) is 10.6. The number of aromatic nitrogens is 1. The second-order valence-electron chi connectivity index (χ2n) is 7.40. The molecule has 0 bridgehead atoms. The number of benzene rings is 3. The predicted molar refractivity (Wildman–Crippen MR) is 121 cm³/mol. The molecule has 7 heteroatoms. The summed E-state index contributed by atoms with van der Waals surface area (Å²) in [5, 5.41) is 4.17. The number of rotatable bonds is 8. The highest BCUT2D eigenvalue weighted by Gasteiger charge is 2.20. The van der Waals surface area contributed by atoms with Crippen LogP contribution in [0.3, 0.4) is 0 Å². The van der Waals surface area contributed by atoms with Gasteiger partial charge in [0.05, 0.1) is 26.3 Å². The molecule has 1 amide bonds. The van der Waals surface area contributed by atoms with Gasteiger partial charge >= 0.3 is 0 Å². The second kappa shape index (κ2) is 9.99. The SMILES string of the molecule is COc1ccc(-c2cc(CN(Cc3ccccc3)C(=O)c3ccc(F)cc3)no2)c(OC)c1. The van der Waals surface area contributed by atoms with Crippen LogP contribution < -0.4 is 9.47 Å². The molecule has 4 rings (SSSR count). The molecule has 6 nitrogen and oxygen atoms in total. The number of nitrogens with zero attached hydrogens (tertiary/aromatic N) is 2. The maximum absolute atomic E-state index is 13.4. The van der Waals surface area contributed by atoms with Crippen molar-refractivity contribution in [1.29, 1.82) is 0 Å². The van der Waals surface area contributed by atoms with Crippen LogP contribution in [0.5, 0.6) is 11.5 Å². The van der Waals surface area contributed by atoms with E-state index in [4.69, 9.17) is 14.0 Å². The van der Waals surface area contributed by atoms with E-state index in [0.29, 0.717) is 35.1 Å². The molecule has 0 aliphatic carbocycles. The van der Waals surface area contributed by atoms with Gasteiger partial charge in [-0.1, -0.05) is 35.5 Å². The van der Waals surface area contributed by atoms with Gasteiger partial charge in [0.25, 0.3) is 5.91 Å². The number of hydrogen-bond donors (Lipinski definition) is 0. The first-order valence-electron chi connectivity index (χ1n) is 10.3. The zero-order chi connectivity index (χ0) is 23.2. The lowest BCUT2D eigenvalue weighted by Gasteiger charge is -2.22. The summed E-state index contributed by atoms with van der Waals surface area (Å²) in [5.74, 6) is 1.13. The highest BCUT2D eigenvalue weighted by molar-refractivity contribution is 5.94. The summed E-state index contributed by atoms with van der Waals surface area (Å²) in [6, 6.07) is 22.3. The monoisotopic (exact) mass is 446 g/mol. The summed E-state index contributed by atoms with van der Waals surface area (Å²) in [6.45, 7) is 0.582. The van der Waals surface area contributed by atoms with E-state index in [9.17, 15) is 9.18 Å². The van der Waals surface area contributed by atoms with Gasteiger partial charge in [-0.3, -0.25) is 4.79 Å². The number of amides is 1.